The molecule has 218 valence electrons. The van der Waals surface area contributed by atoms with Crippen LogP contribution in [0.3, 0.4) is 0 Å². The summed E-state index contributed by atoms with van der Waals surface area (Å²) in [5.74, 6) is -1.69. The lowest BCUT2D eigenvalue weighted by Gasteiger charge is -2.31. The molecule has 3 N–H and O–H groups in total. The van der Waals surface area contributed by atoms with Crippen LogP contribution in [-0.2, 0) is 30.0 Å². The van der Waals surface area contributed by atoms with Crippen molar-refractivity contribution in [3.05, 3.63) is 99.1 Å². The van der Waals surface area contributed by atoms with Crippen LogP contribution < -0.4 is 20.9 Å². The number of aliphatic hydroxyl groups excluding tert-OH is 1. The molecule has 0 spiro atoms. The summed E-state index contributed by atoms with van der Waals surface area (Å²) in [7, 11) is -4.32. The van der Waals surface area contributed by atoms with Crippen LogP contribution in [0.25, 0.3) is 0 Å². The molecule has 1 unspecified atom stereocenters. The van der Waals surface area contributed by atoms with Crippen molar-refractivity contribution in [2.75, 3.05) is 0 Å². The number of carbonyl (C=O) groups excluding carboxylic acids is 1. The molecule has 12 nitrogen and oxygen atoms in total. The van der Waals surface area contributed by atoms with Crippen molar-refractivity contribution in [2.45, 2.75) is 62.9 Å². The number of ether oxygens (including phenoxy) is 2. The number of aromatic amines is 1. The second-order valence-electron chi connectivity index (χ2n) is 9.96. The lowest BCUT2D eigenvalue weighted by Crippen LogP contribution is -2.42. The quantitative estimate of drug-likeness (QED) is 0.224. The van der Waals surface area contributed by atoms with E-state index in [9.17, 15) is 28.4 Å². The molecule has 2 aliphatic rings. The van der Waals surface area contributed by atoms with Crippen molar-refractivity contribution >= 4 is 13.7 Å². The SMILES string of the molecule is C[C@H](N[P@@](=O)(Oc1ccccc1)OC1([C@H]2O[C@@H](n3cc(F)c(=O)[nH]c3=O)CC2O)CC1)C(=O)OCc1ccccc1. The molecule has 0 bridgehead atoms. The van der Waals surface area contributed by atoms with Gasteiger partial charge in [0.25, 0.3) is 5.56 Å². The third kappa shape index (κ3) is 6.66. The molecular weight excluding hydrogens is 560 g/mol. The van der Waals surface area contributed by atoms with Crippen molar-refractivity contribution in [1.29, 1.82) is 0 Å². The molecule has 2 heterocycles. The van der Waals surface area contributed by atoms with Gasteiger partial charge in [0.1, 0.15) is 36.3 Å². The molecule has 41 heavy (non-hydrogen) atoms. The van der Waals surface area contributed by atoms with Gasteiger partial charge in [-0.2, -0.15) is 9.48 Å². The fourth-order valence-electron chi connectivity index (χ4n) is 4.60. The Bertz CT molecular complexity index is 1540. The van der Waals surface area contributed by atoms with Gasteiger partial charge < -0.3 is 19.1 Å². The maximum absolute atomic E-state index is 14.1. The zero-order chi connectivity index (χ0) is 29.2. The molecule has 1 aliphatic heterocycles. The van der Waals surface area contributed by atoms with E-state index >= 15 is 0 Å². The number of aromatic nitrogens is 2. The summed E-state index contributed by atoms with van der Waals surface area (Å²) in [6.07, 6.45) is -2.19. The van der Waals surface area contributed by atoms with E-state index in [0.29, 0.717) is 19.0 Å². The minimum Gasteiger partial charge on any atom is -0.460 e. The van der Waals surface area contributed by atoms with Crippen LogP contribution in [0.4, 0.5) is 4.39 Å². The first-order chi connectivity index (χ1) is 19.6. The minimum absolute atomic E-state index is 0.00847. The molecule has 14 heteroatoms. The number of hydrogen-bond acceptors (Lipinski definition) is 9. The van der Waals surface area contributed by atoms with Gasteiger partial charge in [-0.1, -0.05) is 48.5 Å². The zero-order valence-electron chi connectivity index (χ0n) is 22.0. The van der Waals surface area contributed by atoms with Crippen LogP contribution in [0.15, 0.2) is 76.4 Å². The zero-order valence-corrected chi connectivity index (χ0v) is 22.9. The van der Waals surface area contributed by atoms with E-state index in [1.165, 1.54) is 6.92 Å². The number of para-hydroxylation sites is 1. The number of nitrogens with one attached hydrogen (secondary N) is 2. The number of halogens is 1. The van der Waals surface area contributed by atoms with Crippen molar-refractivity contribution in [1.82, 2.24) is 14.6 Å². The van der Waals surface area contributed by atoms with Crippen LogP contribution >= 0.6 is 7.75 Å². The first-order valence-electron chi connectivity index (χ1n) is 13.0. The highest BCUT2D eigenvalue weighted by Crippen LogP contribution is 2.59. The van der Waals surface area contributed by atoms with Crippen molar-refractivity contribution in [2.24, 2.45) is 0 Å². The van der Waals surface area contributed by atoms with Gasteiger partial charge in [-0.25, -0.2) is 9.36 Å². The molecular formula is C27H29FN3O9P. The summed E-state index contributed by atoms with van der Waals surface area (Å²) in [5, 5.41) is 13.5. The molecule has 1 saturated heterocycles. The molecule has 2 fully saturated rings. The van der Waals surface area contributed by atoms with Crippen molar-refractivity contribution in [3.8, 4) is 5.75 Å². The van der Waals surface area contributed by atoms with Gasteiger partial charge >= 0.3 is 19.4 Å². The van der Waals surface area contributed by atoms with E-state index in [2.05, 4.69) is 5.09 Å². The normalized spacial score (nSPS) is 23.3. The predicted octanol–water partition coefficient (Wildman–Crippen LogP) is 2.78. The third-order valence-electron chi connectivity index (χ3n) is 6.79. The second kappa shape index (κ2) is 11.7. The van der Waals surface area contributed by atoms with E-state index < -0.39 is 60.9 Å². The maximum atomic E-state index is 14.1. The Morgan fingerprint density at radius 1 is 1.20 bits per heavy atom. The summed E-state index contributed by atoms with van der Waals surface area (Å²) in [6.45, 7) is 1.46. The topological polar surface area (TPSA) is 158 Å². The van der Waals surface area contributed by atoms with Gasteiger partial charge in [0.05, 0.1) is 12.3 Å². The Kier molecular flexibility index (Phi) is 8.25. The predicted molar refractivity (Wildman–Crippen MR) is 142 cm³/mol. The molecule has 1 aromatic heterocycles. The molecule has 1 aliphatic carbocycles. The largest absolute Gasteiger partial charge is 0.460 e. The third-order valence-corrected chi connectivity index (χ3v) is 8.55. The monoisotopic (exact) mass is 589 g/mol. The van der Waals surface area contributed by atoms with Gasteiger partial charge in [0, 0.05) is 6.42 Å². The lowest BCUT2D eigenvalue weighted by molar-refractivity contribution is -0.146. The molecule has 2 aromatic carbocycles. The Morgan fingerprint density at radius 2 is 1.85 bits per heavy atom. The number of H-pyrrole nitrogens is 1. The molecule has 1 saturated carbocycles. The van der Waals surface area contributed by atoms with Crippen LogP contribution in [0.1, 0.15) is 38.0 Å². The Labute approximate surface area is 233 Å². The summed E-state index contributed by atoms with van der Waals surface area (Å²) in [5.41, 5.74) is -2.62. The molecule has 5 rings (SSSR count). The van der Waals surface area contributed by atoms with Gasteiger partial charge in [-0.15, -0.1) is 0 Å². The van der Waals surface area contributed by atoms with E-state index in [0.717, 1.165) is 10.1 Å². The Balaban J connectivity index is 1.33. The standard InChI is InChI=1S/C27H29FN3O9P/c1-17(25(34)37-16-18-8-4-2-5-9-18)30-41(36,39-19-10-6-3-7-11-19)40-27(12-13-27)23-21(32)14-22(38-23)31-15-20(28)24(33)29-26(31)35/h2-11,15,17,21-23,32H,12-14,16H2,1H3,(H,30,36)(H,29,33,35)/t17-,21?,22+,23-,41+/m0/s1. The summed E-state index contributed by atoms with van der Waals surface area (Å²) in [6, 6.07) is 16.1. The van der Waals surface area contributed by atoms with Crippen molar-refractivity contribution in [3.63, 3.8) is 0 Å². The number of hydrogen-bond donors (Lipinski definition) is 3. The van der Waals surface area contributed by atoms with Crippen molar-refractivity contribution < 1.29 is 37.4 Å². The van der Waals surface area contributed by atoms with Crippen LogP contribution in [0.2, 0.25) is 0 Å². The van der Waals surface area contributed by atoms with E-state index in [-0.39, 0.29) is 18.8 Å². The number of benzene rings is 2. The van der Waals surface area contributed by atoms with Crippen LogP contribution in [0, 0.1) is 5.82 Å². The highest BCUT2D eigenvalue weighted by atomic mass is 31.2. The average molecular weight is 590 g/mol. The van der Waals surface area contributed by atoms with E-state index in [1.807, 2.05) is 23.2 Å². The van der Waals surface area contributed by atoms with Crippen LogP contribution in [-0.4, -0.2) is 44.5 Å². The number of aliphatic hydroxyl groups is 1. The van der Waals surface area contributed by atoms with Crippen LogP contribution in [0.5, 0.6) is 5.75 Å². The average Bonchev–Trinajstić information content (AvgIpc) is 3.60. The van der Waals surface area contributed by atoms with E-state index in [1.54, 1.807) is 42.5 Å². The number of carbonyl (C=O) groups is 1. The van der Waals surface area contributed by atoms with Gasteiger partial charge in [-0.3, -0.25) is 23.7 Å². The first-order valence-corrected chi connectivity index (χ1v) is 14.5. The molecule has 5 atom stereocenters. The number of nitrogens with zero attached hydrogens (tertiary/aromatic N) is 1. The molecule has 3 aromatic rings. The highest BCUT2D eigenvalue weighted by Gasteiger charge is 2.61. The number of rotatable bonds is 11. The van der Waals surface area contributed by atoms with Gasteiger partial charge in [0.2, 0.25) is 5.82 Å². The van der Waals surface area contributed by atoms with Gasteiger partial charge in [-0.05, 0) is 37.5 Å². The molecule has 0 radical (unpaired) electrons. The Hall–Kier alpha value is -3.61. The second-order valence-corrected chi connectivity index (χ2v) is 11.6. The number of esters is 1. The Morgan fingerprint density at radius 3 is 2.51 bits per heavy atom. The fraction of sp³-hybridized carbons (Fsp3) is 0.370. The summed E-state index contributed by atoms with van der Waals surface area (Å²) >= 11 is 0. The fourth-order valence-corrected chi connectivity index (χ4v) is 6.49. The van der Waals surface area contributed by atoms with E-state index in [4.69, 9.17) is 18.5 Å². The lowest BCUT2D eigenvalue weighted by atomic mass is 10.1. The first kappa shape index (κ1) is 28.9. The summed E-state index contributed by atoms with van der Waals surface area (Å²) < 4.78 is 51.9. The summed E-state index contributed by atoms with van der Waals surface area (Å²) in [4.78, 5) is 38.3. The highest BCUT2D eigenvalue weighted by molar-refractivity contribution is 7.52. The van der Waals surface area contributed by atoms with Gasteiger partial charge in [0.15, 0.2) is 0 Å². The minimum atomic E-state index is -4.32. The maximum Gasteiger partial charge on any atom is 0.460 e. The smallest absolute Gasteiger partial charge is 0.460 e. The molecule has 0 amide bonds.